The standard InChI is InChI=1S/C14H16N4O/c1-18(8-13-15-9-16-17-13)14(19)12-6-10-4-2-3-5-11(10)7-12/h2-5,9,12H,6-8H2,1H3,(H,15,16,17). The number of fused-ring (bicyclic) bond motifs is 1. The summed E-state index contributed by atoms with van der Waals surface area (Å²) in [6, 6.07) is 8.28. The molecule has 98 valence electrons. The van der Waals surface area contributed by atoms with Gasteiger partial charge in [-0.2, -0.15) is 5.10 Å². The van der Waals surface area contributed by atoms with Gasteiger partial charge >= 0.3 is 0 Å². The lowest BCUT2D eigenvalue weighted by atomic mass is 10.1. The molecule has 0 bridgehead atoms. The van der Waals surface area contributed by atoms with Gasteiger partial charge in [-0.05, 0) is 24.0 Å². The Balaban J connectivity index is 1.66. The highest BCUT2D eigenvalue weighted by Gasteiger charge is 2.29. The largest absolute Gasteiger partial charge is 0.338 e. The summed E-state index contributed by atoms with van der Waals surface area (Å²) in [7, 11) is 1.81. The summed E-state index contributed by atoms with van der Waals surface area (Å²) in [6.07, 6.45) is 3.14. The van der Waals surface area contributed by atoms with Crippen LogP contribution in [0.1, 0.15) is 17.0 Å². The van der Waals surface area contributed by atoms with Gasteiger partial charge in [-0.25, -0.2) is 4.98 Å². The maximum Gasteiger partial charge on any atom is 0.226 e. The Labute approximate surface area is 111 Å². The van der Waals surface area contributed by atoms with Crippen LogP contribution in [0.25, 0.3) is 0 Å². The molecule has 3 rings (SSSR count). The van der Waals surface area contributed by atoms with Crippen molar-refractivity contribution in [1.82, 2.24) is 20.1 Å². The maximum atomic E-state index is 12.4. The van der Waals surface area contributed by atoms with E-state index in [9.17, 15) is 4.79 Å². The molecule has 1 aliphatic rings. The second-order valence-electron chi connectivity index (χ2n) is 5.00. The molecule has 1 amide bonds. The topological polar surface area (TPSA) is 61.9 Å². The zero-order valence-corrected chi connectivity index (χ0v) is 10.8. The van der Waals surface area contributed by atoms with Gasteiger partial charge in [-0.15, -0.1) is 0 Å². The number of carbonyl (C=O) groups is 1. The van der Waals surface area contributed by atoms with Crippen molar-refractivity contribution in [3.8, 4) is 0 Å². The van der Waals surface area contributed by atoms with Gasteiger partial charge in [0.15, 0.2) is 0 Å². The molecule has 1 aromatic heterocycles. The monoisotopic (exact) mass is 256 g/mol. The fraction of sp³-hybridized carbons (Fsp3) is 0.357. The van der Waals surface area contributed by atoms with Crippen LogP contribution in [-0.4, -0.2) is 33.0 Å². The summed E-state index contributed by atoms with van der Waals surface area (Å²) < 4.78 is 0. The molecule has 0 radical (unpaired) electrons. The number of H-pyrrole nitrogens is 1. The van der Waals surface area contributed by atoms with Crippen LogP contribution in [0.2, 0.25) is 0 Å². The van der Waals surface area contributed by atoms with Crippen molar-refractivity contribution in [2.45, 2.75) is 19.4 Å². The van der Waals surface area contributed by atoms with E-state index < -0.39 is 0 Å². The Morgan fingerprint density at radius 2 is 2.05 bits per heavy atom. The lowest BCUT2D eigenvalue weighted by molar-refractivity contribution is -0.134. The van der Waals surface area contributed by atoms with Crippen molar-refractivity contribution in [2.75, 3.05) is 7.05 Å². The predicted octanol–water partition coefficient (Wildman–Crippen LogP) is 1.18. The van der Waals surface area contributed by atoms with E-state index in [1.54, 1.807) is 4.90 Å². The second-order valence-corrected chi connectivity index (χ2v) is 5.00. The molecule has 5 heteroatoms. The van der Waals surface area contributed by atoms with E-state index in [2.05, 4.69) is 27.3 Å². The van der Waals surface area contributed by atoms with Crippen molar-refractivity contribution in [3.05, 3.63) is 47.5 Å². The number of aromatic nitrogens is 3. The van der Waals surface area contributed by atoms with Crippen LogP contribution in [0, 0.1) is 5.92 Å². The van der Waals surface area contributed by atoms with E-state index in [1.165, 1.54) is 17.5 Å². The summed E-state index contributed by atoms with van der Waals surface area (Å²) in [5.74, 6) is 0.948. The molecule has 19 heavy (non-hydrogen) atoms. The first-order chi connectivity index (χ1) is 9.24. The number of aromatic amines is 1. The SMILES string of the molecule is CN(Cc1ncn[nH]1)C(=O)C1Cc2ccccc2C1. The fourth-order valence-corrected chi connectivity index (χ4v) is 2.65. The smallest absolute Gasteiger partial charge is 0.226 e. The van der Waals surface area contributed by atoms with E-state index in [1.807, 2.05) is 19.2 Å². The Kier molecular flexibility index (Phi) is 3.03. The Morgan fingerprint density at radius 3 is 2.63 bits per heavy atom. The van der Waals surface area contributed by atoms with Gasteiger partial charge in [-0.1, -0.05) is 24.3 Å². The van der Waals surface area contributed by atoms with Gasteiger partial charge in [0.1, 0.15) is 12.2 Å². The van der Waals surface area contributed by atoms with Crippen LogP contribution in [0.5, 0.6) is 0 Å². The molecule has 5 nitrogen and oxygen atoms in total. The molecule has 0 atom stereocenters. The van der Waals surface area contributed by atoms with Crippen molar-refractivity contribution in [1.29, 1.82) is 0 Å². The summed E-state index contributed by atoms with van der Waals surface area (Å²) in [5, 5.41) is 6.57. The summed E-state index contributed by atoms with van der Waals surface area (Å²) in [4.78, 5) is 18.2. The van der Waals surface area contributed by atoms with Gasteiger partial charge in [0.25, 0.3) is 0 Å². The van der Waals surface area contributed by atoms with Crippen LogP contribution in [0.4, 0.5) is 0 Å². The molecule has 0 unspecified atom stereocenters. The van der Waals surface area contributed by atoms with Crippen LogP contribution < -0.4 is 0 Å². The van der Waals surface area contributed by atoms with Gasteiger partial charge in [0.2, 0.25) is 5.91 Å². The van der Waals surface area contributed by atoms with E-state index in [-0.39, 0.29) is 11.8 Å². The summed E-state index contributed by atoms with van der Waals surface area (Å²) in [5.41, 5.74) is 2.60. The molecular weight excluding hydrogens is 240 g/mol. The van der Waals surface area contributed by atoms with Gasteiger partial charge in [0.05, 0.1) is 6.54 Å². The molecule has 1 heterocycles. The zero-order chi connectivity index (χ0) is 13.2. The summed E-state index contributed by atoms with van der Waals surface area (Å²) in [6.45, 7) is 0.478. The van der Waals surface area contributed by atoms with Crippen LogP contribution in [-0.2, 0) is 24.2 Å². The minimum Gasteiger partial charge on any atom is -0.338 e. The van der Waals surface area contributed by atoms with Crippen LogP contribution >= 0.6 is 0 Å². The Bertz CT molecular complexity index is 554. The first-order valence-corrected chi connectivity index (χ1v) is 6.40. The molecular formula is C14H16N4O. The number of nitrogens with one attached hydrogen (secondary N) is 1. The molecule has 1 aliphatic carbocycles. The zero-order valence-electron chi connectivity index (χ0n) is 10.8. The lowest BCUT2D eigenvalue weighted by Gasteiger charge is -2.19. The quantitative estimate of drug-likeness (QED) is 0.897. The molecule has 1 N–H and O–H groups in total. The minimum absolute atomic E-state index is 0.0605. The van der Waals surface area contributed by atoms with Crippen molar-refractivity contribution >= 4 is 5.91 Å². The van der Waals surface area contributed by atoms with E-state index in [0.717, 1.165) is 12.8 Å². The molecule has 0 fully saturated rings. The second kappa shape index (κ2) is 4.84. The molecule has 0 saturated heterocycles. The van der Waals surface area contributed by atoms with Crippen LogP contribution in [0.3, 0.4) is 0 Å². The average molecular weight is 256 g/mol. The summed E-state index contributed by atoms with van der Waals surface area (Å²) >= 11 is 0. The van der Waals surface area contributed by atoms with Crippen molar-refractivity contribution in [3.63, 3.8) is 0 Å². The highest BCUT2D eigenvalue weighted by atomic mass is 16.2. The number of benzene rings is 1. The third kappa shape index (κ3) is 2.36. The lowest BCUT2D eigenvalue weighted by Crippen LogP contribution is -2.33. The predicted molar refractivity (Wildman–Crippen MR) is 70.2 cm³/mol. The van der Waals surface area contributed by atoms with E-state index >= 15 is 0 Å². The van der Waals surface area contributed by atoms with Crippen LogP contribution in [0.15, 0.2) is 30.6 Å². The first kappa shape index (κ1) is 11.9. The highest BCUT2D eigenvalue weighted by molar-refractivity contribution is 5.80. The molecule has 0 saturated carbocycles. The maximum absolute atomic E-state index is 12.4. The first-order valence-electron chi connectivity index (χ1n) is 6.40. The van der Waals surface area contributed by atoms with E-state index in [4.69, 9.17) is 0 Å². The number of nitrogens with zero attached hydrogens (tertiary/aromatic N) is 3. The van der Waals surface area contributed by atoms with Gasteiger partial charge < -0.3 is 4.90 Å². The molecule has 2 aromatic rings. The van der Waals surface area contributed by atoms with Gasteiger partial charge in [0, 0.05) is 13.0 Å². The average Bonchev–Trinajstić information content (AvgIpc) is 3.05. The van der Waals surface area contributed by atoms with E-state index in [0.29, 0.717) is 12.4 Å². The number of amides is 1. The number of hydrogen-bond acceptors (Lipinski definition) is 3. The Morgan fingerprint density at radius 1 is 1.37 bits per heavy atom. The molecule has 0 aliphatic heterocycles. The van der Waals surface area contributed by atoms with Gasteiger partial charge in [-0.3, -0.25) is 9.89 Å². The fourth-order valence-electron chi connectivity index (χ4n) is 2.65. The third-order valence-corrected chi connectivity index (χ3v) is 3.63. The normalized spacial score (nSPS) is 14.4. The number of rotatable bonds is 3. The van der Waals surface area contributed by atoms with Crippen molar-refractivity contribution < 1.29 is 4.79 Å². The molecule has 1 aromatic carbocycles. The number of carbonyl (C=O) groups excluding carboxylic acids is 1. The number of hydrogen-bond donors (Lipinski definition) is 1. The minimum atomic E-state index is 0.0605. The highest BCUT2D eigenvalue weighted by Crippen LogP contribution is 2.27. The third-order valence-electron chi connectivity index (χ3n) is 3.63. The molecule has 0 spiro atoms. The van der Waals surface area contributed by atoms with Crippen molar-refractivity contribution in [2.24, 2.45) is 5.92 Å². The Hall–Kier alpha value is -2.17.